The van der Waals surface area contributed by atoms with Gasteiger partial charge in [0.2, 0.25) is 0 Å². The highest BCUT2D eigenvalue weighted by atomic mass is 16.3. The Hall–Kier alpha value is -0.940. The van der Waals surface area contributed by atoms with E-state index in [0.717, 1.165) is 57.7 Å². The van der Waals surface area contributed by atoms with Crippen LogP contribution in [0.15, 0.2) is 6.33 Å². The van der Waals surface area contributed by atoms with Gasteiger partial charge in [0.25, 0.3) is 0 Å². The van der Waals surface area contributed by atoms with E-state index in [4.69, 9.17) is 0 Å². The molecule has 3 rings (SSSR count). The van der Waals surface area contributed by atoms with Crippen molar-refractivity contribution in [3.8, 4) is 0 Å². The van der Waals surface area contributed by atoms with Gasteiger partial charge in [-0.05, 0) is 45.7 Å². The Kier molecular flexibility index (Phi) is 4.60. The predicted octanol–water partition coefficient (Wildman–Crippen LogP) is 2.17. The van der Waals surface area contributed by atoms with Crippen molar-refractivity contribution in [3.05, 3.63) is 12.2 Å². The second kappa shape index (κ2) is 6.44. The third-order valence-electron chi connectivity index (χ3n) is 5.24. The van der Waals surface area contributed by atoms with Gasteiger partial charge >= 0.3 is 0 Å². The molecule has 0 atom stereocenters. The van der Waals surface area contributed by atoms with Crippen LogP contribution in [0, 0.1) is 0 Å². The molecule has 118 valence electrons. The molecule has 1 aromatic heterocycles. The van der Waals surface area contributed by atoms with Crippen LogP contribution in [0.25, 0.3) is 0 Å². The molecule has 1 aliphatic carbocycles. The molecule has 1 saturated carbocycles. The van der Waals surface area contributed by atoms with Gasteiger partial charge in [0.15, 0.2) is 0 Å². The molecule has 0 radical (unpaired) electrons. The Morgan fingerprint density at radius 3 is 2.62 bits per heavy atom. The fraction of sp³-hybridized carbons (Fsp3) is 0.875. The van der Waals surface area contributed by atoms with Crippen molar-refractivity contribution in [2.45, 2.75) is 69.9 Å². The fourth-order valence-corrected chi connectivity index (χ4v) is 3.96. The Morgan fingerprint density at radius 1 is 1.24 bits per heavy atom. The van der Waals surface area contributed by atoms with E-state index in [1.165, 1.54) is 19.3 Å². The standard InChI is InChI=1S/C16H28N4O/c1-2-20-13-17-18-15(20)14-6-10-19(11-7-14)12-16(21)8-4-3-5-9-16/h13-14,21H,2-12H2,1H3. The fourth-order valence-electron chi connectivity index (χ4n) is 3.96. The minimum atomic E-state index is -0.422. The first-order chi connectivity index (χ1) is 10.2. The van der Waals surface area contributed by atoms with Crippen LogP contribution in [0.2, 0.25) is 0 Å². The van der Waals surface area contributed by atoms with E-state index in [1.807, 2.05) is 6.33 Å². The van der Waals surface area contributed by atoms with Crippen LogP contribution < -0.4 is 0 Å². The smallest absolute Gasteiger partial charge is 0.135 e. The third kappa shape index (κ3) is 3.46. The maximum absolute atomic E-state index is 10.7. The number of likely N-dealkylation sites (tertiary alicyclic amines) is 1. The summed E-state index contributed by atoms with van der Waals surface area (Å²) in [6.45, 7) is 6.09. The van der Waals surface area contributed by atoms with Crippen LogP contribution >= 0.6 is 0 Å². The molecule has 21 heavy (non-hydrogen) atoms. The van der Waals surface area contributed by atoms with Gasteiger partial charge in [0.05, 0.1) is 5.60 Å². The van der Waals surface area contributed by atoms with Crippen LogP contribution in [0.1, 0.15) is 63.6 Å². The SMILES string of the molecule is CCn1cnnc1C1CCN(CC2(O)CCCCC2)CC1. The molecule has 0 amide bonds. The Morgan fingerprint density at radius 2 is 1.95 bits per heavy atom. The number of nitrogens with zero attached hydrogens (tertiary/aromatic N) is 4. The molecule has 0 spiro atoms. The number of hydrogen-bond donors (Lipinski definition) is 1. The molecule has 5 heteroatoms. The summed E-state index contributed by atoms with van der Waals surface area (Å²) in [5, 5.41) is 19.0. The molecule has 5 nitrogen and oxygen atoms in total. The zero-order chi connectivity index (χ0) is 14.7. The lowest BCUT2D eigenvalue weighted by molar-refractivity contribution is -0.0309. The summed E-state index contributed by atoms with van der Waals surface area (Å²) in [5.74, 6) is 1.68. The molecular formula is C16H28N4O. The predicted molar refractivity (Wildman–Crippen MR) is 82.1 cm³/mol. The molecule has 2 heterocycles. The highest BCUT2D eigenvalue weighted by molar-refractivity contribution is 4.99. The highest BCUT2D eigenvalue weighted by Gasteiger charge is 2.33. The lowest BCUT2D eigenvalue weighted by atomic mass is 9.84. The molecule has 1 aromatic rings. The number of piperidine rings is 1. The minimum Gasteiger partial charge on any atom is -0.389 e. The van der Waals surface area contributed by atoms with Gasteiger partial charge in [0.1, 0.15) is 12.2 Å². The quantitative estimate of drug-likeness (QED) is 0.924. The average molecular weight is 292 g/mol. The first kappa shape index (κ1) is 15.0. The van der Waals surface area contributed by atoms with Crippen molar-refractivity contribution in [2.24, 2.45) is 0 Å². The molecule has 0 aromatic carbocycles. The molecule has 0 unspecified atom stereocenters. The second-order valence-electron chi connectivity index (χ2n) is 6.81. The van der Waals surface area contributed by atoms with E-state index in [0.29, 0.717) is 5.92 Å². The zero-order valence-electron chi connectivity index (χ0n) is 13.2. The van der Waals surface area contributed by atoms with Crippen LogP contribution in [-0.4, -0.2) is 50.0 Å². The van der Waals surface area contributed by atoms with E-state index in [2.05, 4.69) is 26.6 Å². The minimum absolute atomic E-state index is 0.422. The monoisotopic (exact) mass is 292 g/mol. The van der Waals surface area contributed by atoms with Crippen molar-refractivity contribution in [1.82, 2.24) is 19.7 Å². The Bertz CT molecular complexity index is 445. The van der Waals surface area contributed by atoms with Gasteiger partial charge in [-0.25, -0.2) is 0 Å². The first-order valence-corrected chi connectivity index (χ1v) is 8.53. The summed E-state index contributed by atoms with van der Waals surface area (Å²) in [7, 11) is 0. The van der Waals surface area contributed by atoms with Gasteiger partial charge < -0.3 is 14.6 Å². The molecule has 1 aliphatic heterocycles. The summed E-state index contributed by atoms with van der Waals surface area (Å²) in [6, 6.07) is 0. The van der Waals surface area contributed by atoms with E-state index < -0.39 is 5.60 Å². The van der Waals surface area contributed by atoms with Crippen LogP contribution in [0.4, 0.5) is 0 Å². The average Bonchev–Trinajstić information content (AvgIpc) is 2.97. The summed E-state index contributed by atoms with van der Waals surface area (Å²) in [4.78, 5) is 2.45. The maximum Gasteiger partial charge on any atom is 0.135 e. The molecule has 1 N–H and O–H groups in total. The summed E-state index contributed by atoms with van der Waals surface area (Å²) in [5.41, 5.74) is -0.422. The van der Waals surface area contributed by atoms with E-state index in [1.54, 1.807) is 0 Å². The van der Waals surface area contributed by atoms with Crippen molar-refractivity contribution >= 4 is 0 Å². The summed E-state index contributed by atoms with van der Waals surface area (Å²) in [6.07, 6.45) is 9.74. The van der Waals surface area contributed by atoms with Crippen LogP contribution in [-0.2, 0) is 6.54 Å². The number of aliphatic hydroxyl groups is 1. The van der Waals surface area contributed by atoms with E-state index >= 15 is 0 Å². The number of aromatic nitrogens is 3. The van der Waals surface area contributed by atoms with Gasteiger partial charge in [-0.15, -0.1) is 10.2 Å². The number of hydrogen-bond acceptors (Lipinski definition) is 4. The number of rotatable bonds is 4. The van der Waals surface area contributed by atoms with Crippen LogP contribution in [0.5, 0.6) is 0 Å². The largest absolute Gasteiger partial charge is 0.389 e. The van der Waals surface area contributed by atoms with Crippen molar-refractivity contribution in [1.29, 1.82) is 0 Å². The first-order valence-electron chi connectivity index (χ1n) is 8.53. The Balaban J connectivity index is 1.53. The Labute approximate surface area is 127 Å². The topological polar surface area (TPSA) is 54.2 Å². The molecular weight excluding hydrogens is 264 g/mol. The van der Waals surface area contributed by atoms with E-state index in [9.17, 15) is 5.11 Å². The van der Waals surface area contributed by atoms with Gasteiger partial charge in [-0.3, -0.25) is 0 Å². The lowest BCUT2D eigenvalue weighted by Gasteiger charge is -2.39. The normalized spacial score (nSPS) is 24.3. The molecule has 1 saturated heterocycles. The number of aryl methyl sites for hydroxylation is 1. The highest BCUT2D eigenvalue weighted by Crippen LogP contribution is 2.32. The van der Waals surface area contributed by atoms with Gasteiger partial charge in [0, 0.05) is 19.0 Å². The summed E-state index contributed by atoms with van der Waals surface area (Å²) >= 11 is 0. The van der Waals surface area contributed by atoms with Crippen LogP contribution in [0.3, 0.4) is 0 Å². The van der Waals surface area contributed by atoms with Gasteiger partial charge in [-0.2, -0.15) is 0 Å². The molecule has 2 aliphatic rings. The maximum atomic E-state index is 10.7. The molecule has 0 bridgehead atoms. The lowest BCUT2D eigenvalue weighted by Crippen LogP contribution is -2.47. The third-order valence-corrected chi connectivity index (χ3v) is 5.24. The summed E-state index contributed by atoms with van der Waals surface area (Å²) < 4.78 is 2.16. The van der Waals surface area contributed by atoms with Gasteiger partial charge in [-0.1, -0.05) is 19.3 Å². The zero-order valence-corrected chi connectivity index (χ0v) is 13.2. The van der Waals surface area contributed by atoms with Crippen molar-refractivity contribution in [3.63, 3.8) is 0 Å². The number of β-amino-alcohol motifs (C(OH)–C–C–N with tert-alkyl or cyclic N) is 1. The van der Waals surface area contributed by atoms with Crippen molar-refractivity contribution < 1.29 is 5.11 Å². The van der Waals surface area contributed by atoms with E-state index in [-0.39, 0.29) is 0 Å². The van der Waals surface area contributed by atoms with Crippen molar-refractivity contribution in [2.75, 3.05) is 19.6 Å². The second-order valence-corrected chi connectivity index (χ2v) is 6.81. The molecule has 2 fully saturated rings.